The molecule has 3 heteroatoms. The van der Waals surface area contributed by atoms with Gasteiger partial charge in [0, 0.05) is 22.0 Å². The van der Waals surface area contributed by atoms with Gasteiger partial charge in [0.2, 0.25) is 0 Å². The second-order valence-corrected chi connectivity index (χ2v) is 10.4. The fourth-order valence-corrected chi connectivity index (χ4v) is 6.42. The highest BCUT2D eigenvalue weighted by atomic mass is 16.9. The zero-order valence-corrected chi connectivity index (χ0v) is 20.5. The van der Waals surface area contributed by atoms with Crippen molar-refractivity contribution in [3.8, 4) is 11.5 Å². The Labute approximate surface area is 208 Å². The highest BCUT2D eigenvalue weighted by molar-refractivity contribution is 5.91. The lowest BCUT2D eigenvalue weighted by atomic mass is 9.74. The van der Waals surface area contributed by atoms with Crippen LogP contribution in [-0.2, 0) is 0 Å². The molecule has 2 aliphatic carbocycles. The number of hydrogen-bond acceptors (Lipinski definition) is 3. The van der Waals surface area contributed by atoms with Crippen LogP contribution in [0.1, 0.15) is 87.2 Å². The van der Waals surface area contributed by atoms with E-state index in [0.29, 0.717) is 11.8 Å². The first-order valence-electron chi connectivity index (χ1n) is 13.5. The number of nitrogens with one attached hydrogen (secondary N) is 1. The molecule has 180 valence electrons. The summed E-state index contributed by atoms with van der Waals surface area (Å²) in [6.07, 6.45) is 13.1. The van der Waals surface area contributed by atoms with Crippen molar-refractivity contribution >= 4 is 21.5 Å². The normalized spacial score (nSPS) is 17.6. The molecule has 2 saturated carbocycles. The fourth-order valence-electron chi connectivity index (χ4n) is 6.42. The van der Waals surface area contributed by atoms with E-state index in [4.69, 9.17) is 9.68 Å². The fraction of sp³-hybridized carbons (Fsp3) is 0.375. The summed E-state index contributed by atoms with van der Waals surface area (Å²) < 4.78 is 0. The second kappa shape index (κ2) is 10.3. The predicted molar refractivity (Wildman–Crippen MR) is 144 cm³/mol. The maximum Gasteiger partial charge on any atom is 0.162 e. The van der Waals surface area contributed by atoms with Crippen molar-refractivity contribution in [2.45, 2.75) is 76.0 Å². The number of benzene rings is 4. The van der Waals surface area contributed by atoms with Crippen LogP contribution in [0.2, 0.25) is 0 Å². The monoisotopic (exact) mass is 465 g/mol. The smallest absolute Gasteiger partial charge is 0.162 e. The molecule has 0 unspecified atom stereocenters. The van der Waals surface area contributed by atoms with Gasteiger partial charge in [-0.25, -0.2) is 0 Å². The van der Waals surface area contributed by atoms with E-state index in [1.807, 2.05) is 18.2 Å². The molecule has 0 saturated heterocycles. The van der Waals surface area contributed by atoms with Crippen LogP contribution in [0, 0.1) is 0 Å². The van der Waals surface area contributed by atoms with Crippen molar-refractivity contribution in [2.75, 3.05) is 0 Å². The average molecular weight is 466 g/mol. The number of fused-ring (bicyclic) bond motifs is 2. The Hall–Kier alpha value is -3.04. The predicted octanol–water partition coefficient (Wildman–Crippen LogP) is 8.97. The molecule has 0 aromatic heterocycles. The molecule has 3 nitrogen and oxygen atoms in total. The topological polar surface area (TPSA) is 30.5 Å². The minimum Gasteiger partial charge on any atom is -0.373 e. The van der Waals surface area contributed by atoms with E-state index in [0.717, 1.165) is 22.3 Å². The largest absolute Gasteiger partial charge is 0.373 e. The molecule has 0 heterocycles. The first kappa shape index (κ1) is 22.4. The average Bonchev–Trinajstić information content (AvgIpc) is 2.94. The molecule has 0 bridgehead atoms. The second-order valence-electron chi connectivity index (χ2n) is 10.4. The molecular weight excluding hydrogens is 430 g/mol. The number of rotatable bonds is 6. The van der Waals surface area contributed by atoms with Gasteiger partial charge in [-0.3, -0.25) is 0 Å². The molecule has 0 atom stereocenters. The van der Waals surface area contributed by atoms with Gasteiger partial charge in [0.05, 0.1) is 0 Å². The van der Waals surface area contributed by atoms with E-state index < -0.39 is 0 Å². The zero-order chi connectivity index (χ0) is 23.5. The van der Waals surface area contributed by atoms with E-state index in [9.17, 15) is 0 Å². The van der Waals surface area contributed by atoms with Crippen molar-refractivity contribution < 1.29 is 9.68 Å². The first-order valence-corrected chi connectivity index (χ1v) is 13.5. The molecule has 0 amide bonds. The molecule has 6 rings (SSSR count). The van der Waals surface area contributed by atoms with Crippen molar-refractivity contribution in [2.24, 2.45) is 0 Å². The van der Waals surface area contributed by atoms with Gasteiger partial charge < -0.3 is 9.68 Å². The summed E-state index contributed by atoms with van der Waals surface area (Å²) in [4.78, 5) is 12.4. The van der Waals surface area contributed by atoms with Gasteiger partial charge in [-0.15, -0.1) is 0 Å². The van der Waals surface area contributed by atoms with Crippen LogP contribution < -0.4 is 15.3 Å². The molecule has 0 spiro atoms. The third-order valence-electron chi connectivity index (χ3n) is 8.18. The Balaban J connectivity index is 1.39. The standard InChI is InChI=1S/C32H35NO2/c1-3-12-24(13-4-1)29-22-26-17-8-10-20-28(26)32(31(29)25-15-5-2-6-16-25)35-33-34-30-21-11-18-23-14-7-9-19-27(23)30/h7-11,14,17-22,24-25,33H,1-6,12-13,15-16H2. The Bertz CT molecular complexity index is 1300. The van der Waals surface area contributed by atoms with Gasteiger partial charge in [-0.1, -0.05) is 105 Å². The molecule has 1 N–H and O–H groups in total. The first-order chi connectivity index (χ1) is 17.4. The van der Waals surface area contributed by atoms with Crippen LogP contribution >= 0.6 is 0 Å². The van der Waals surface area contributed by atoms with Crippen LogP contribution in [0.5, 0.6) is 11.5 Å². The Kier molecular flexibility index (Phi) is 6.60. The summed E-state index contributed by atoms with van der Waals surface area (Å²) in [6, 6.07) is 25.5. The Morgan fingerprint density at radius 2 is 1.20 bits per heavy atom. The quantitative estimate of drug-likeness (QED) is 0.288. The molecule has 4 aromatic rings. The van der Waals surface area contributed by atoms with E-state index >= 15 is 0 Å². The van der Waals surface area contributed by atoms with Crippen molar-refractivity contribution in [1.29, 1.82) is 0 Å². The Morgan fingerprint density at radius 1 is 0.571 bits per heavy atom. The van der Waals surface area contributed by atoms with Gasteiger partial charge in [0.25, 0.3) is 0 Å². The number of hydrogen-bond donors (Lipinski definition) is 1. The van der Waals surface area contributed by atoms with Gasteiger partial charge >= 0.3 is 0 Å². The molecule has 35 heavy (non-hydrogen) atoms. The molecule has 4 aromatic carbocycles. The van der Waals surface area contributed by atoms with Crippen molar-refractivity contribution in [3.63, 3.8) is 0 Å². The minimum atomic E-state index is 0.555. The Morgan fingerprint density at radius 3 is 1.97 bits per heavy atom. The maximum atomic E-state index is 6.42. The molecular formula is C32H35NO2. The minimum absolute atomic E-state index is 0.555. The molecule has 2 aliphatic rings. The van der Waals surface area contributed by atoms with E-state index in [-0.39, 0.29) is 0 Å². The zero-order valence-electron chi connectivity index (χ0n) is 20.5. The molecule has 2 fully saturated rings. The lowest BCUT2D eigenvalue weighted by Gasteiger charge is -2.31. The SMILES string of the molecule is c1ccc2c(ONOc3c(C4CCCCC4)c(C4CCCCC4)cc4ccccc34)cccc2c1. The van der Waals surface area contributed by atoms with Gasteiger partial charge in [0.1, 0.15) is 0 Å². The van der Waals surface area contributed by atoms with E-state index in [1.165, 1.54) is 86.1 Å². The molecule has 0 radical (unpaired) electrons. The van der Waals surface area contributed by atoms with Crippen molar-refractivity contribution in [3.05, 3.63) is 83.9 Å². The van der Waals surface area contributed by atoms with E-state index in [2.05, 4.69) is 60.2 Å². The van der Waals surface area contributed by atoms with Crippen LogP contribution in [0.3, 0.4) is 0 Å². The summed E-state index contributed by atoms with van der Waals surface area (Å²) in [5, 5.41) is 4.65. The summed E-state index contributed by atoms with van der Waals surface area (Å²) >= 11 is 0. The van der Waals surface area contributed by atoms with Crippen LogP contribution in [0.15, 0.2) is 72.8 Å². The summed E-state index contributed by atoms with van der Waals surface area (Å²) in [7, 11) is 0. The third-order valence-corrected chi connectivity index (χ3v) is 8.18. The lowest BCUT2D eigenvalue weighted by Crippen LogP contribution is -2.25. The highest BCUT2D eigenvalue weighted by Crippen LogP contribution is 2.47. The van der Waals surface area contributed by atoms with Crippen molar-refractivity contribution in [1.82, 2.24) is 5.64 Å². The van der Waals surface area contributed by atoms with Gasteiger partial charge in [-0.2, -0.15) is 0 Å². The van der Waals surface area contributed by atoms with Crippen LogP contribution in [0.4, 0.5) is 0 Å². The maximum absolute atomic E-state index is 6.42. The summed E-state index contributed by atoms with van der Waals surface area (Å²) in [6.45, 7) is 0. The lowest BCUT2D eigenvalue weighted by molar-refractivity contribution is -0.0178. The van der Waals surface area contributed by atoms with Crippen LogP contribution in [-0.4, -0.2) is 0 Å². The molecule has 0 aliphatic heterocycles. The third kappa shape index (κ3) is 4.62. The van der Waals surface area contributed by atoms with E-state index in [1.54, 1.807) is 0 Å². The van der Waals surface area contributed by atoms with Gasteiger partial charge in [0.15, 0.2) is 11.5 Å². The van der Waals surface area contributed by atoms with Crippen LogP contribution in [0.25, 0.3) is 21.5 Å². The summed E-state index contributed by atoms with van der Waals surface area (Å²) in [5.74, 6) is 2.93. The van der Waals surface area contributed by atoms with Gasteiger partial charge in [-0.05, 0) is 59.9 Å². The highest BCUT2D eigenvalue weighted by Gasteiger charge is 2.29. The summed E-state index contributed by atoms with van der Waals surface area (Å²) in [5.41, 5.74) is 5.87.